The molecule has 4 rings (SSSR count). The highest BCUT2D eigenvalue weighted by Crippen LogP contribution is 2.41. The Morgan fingerprint density at radius 1 is 0.963 bits per heavy atom. The van der Waals surface area contributed by atoms with Gasteiger partial charge in [0.15, 0.2) is 0 Å². The van der Waals surface area contributed by atoms with Crippen LogP contribution in [0.2, 0.25) is 5.02 Å². The summed E-state index contributed by atoms with van der Waals surface area (Å²) < 4.78 is 6.14. The van der Waals surface area contributed by atoms with E-state index in [9.17, 15) is 4.79 Å². The molecule has 2 aliphatic rings. The Morgan fingerprint density at radius 3 is 2.41 bits per heavy atom. The van der Waals surface area contributed by atoms with E-state index in [-0.39, 0.29) is 10.5 Å². The number of benzene rings is 3. The lowest BCUT2D eigenvalue weighted by molar-refractivity contribution is 0.619. The van der Waals surface area contributed by atoms with E-state index in [2.05, 4.69) is 43.0 Å². The van der Waals surface area contributed by atoms with Crippen molar-refractivity contribution in [2.45, 2.75) is 13.8 Å². The summed E-state index contributed by atoms with van der Waals surface area (Å²) in [6.45, 7) is 6.10. The van der Waals surface area contributed by atoms with Crippen LogP contribution in [0.15, 0.2) is 69.9 Å². The third kappa shape index (κ3) is 3.08. The van der Waals surface area contributed by atoms with Crippen LogP contribution in [0, 0.1) is 0 Å². The summed E-state index contributed by atoms with van der Waals surface area (Å²) in [6, 6.07) is 19.6. The summed E-state index contributed by atoms with van der Waals surface area (Å²) in [7, 11) is 0. The number of nitrogens with zero attached hydrogens (tertiary/aromatic N) is 1. The van der Waals surface area contributed by atoms with E-state index in [1.54, 1.807) is 6.07 Å². The molecule has 0 amide bonds. The molecule has 136 valence electrons. The maximum absolute atomic E-state index is 12.1. The molecule has 0 spiro atoms. The normalized spacial score (nSPS) is 11.2. The van der Waals surface area contributed by atoms with Crippen molar-refractivity contribution in [1.29, 1.82) is 0 Å². The zero-order valence-electron chi connectivity index (χ0n) is 15.3. The van der Waals surface area contributed by atoms with E-state index in [1.165, 1.54) is 6.07 Å². The molecule has 0 saturated carbocycles. The maximum atomic E-state index is 12.1. The lowest BCUT2D eigenvalue weighted by Crippen LogP contribution is -2.21. The van der Waals surface area contributed by atoms with Crippen LogP contribution in [0.1, 0.15) is 13.8 Å². The van der Waals surface area contributed by atoms with Crippen molar-refractivity contribution in [2.75, 3.05) is 18.0 Å². The molecule has 1 heterocycles. The van der Waals surface area contributed by atoms with E-state index in [0.29, 0.717) is 5.76 Å². The number of fused-ring (bicyclic) bond motifs is 2. The quantitative estimate of drug-likeness (QED) is 0.405. The number of anilines is 1. The van der Waals surface area contributed by atoms with Crippen LogP contribution in [0.5, 0.6) is 0 Å². The Balaban J connectivity index is 2.10. The third-order valence-electron chi connectivity index (χ3n) is 4.95. The second-order valence-electron chi connectivity index (χ2n) is 6.47. The van der Waals surface area contributed by atoms with Crippen LogP contribution >= 0.6 is 11.6 Å². The zero-order valence-corrected chi connectivity index (χ0v) is 16.1. The molecule has 4 heteroatoms. The molecule has 0 radical (unpaired) electrons. The van der Waals surface area contributed by atoms with E-state index >= 15 is 0 Å². The van der Waals surface area contributed by atoms with Crippen LogP contribution in [-0.2, 0) is 0 Å². The first-order chi connectivity index (χ1) is 13.1. The standard InChI is InChI=1S/C23H20ClNO2/c1-3-25(4-2)16-10-11-17-21(12-16)27-22-14-20(26)19(24)13-18(22)23(17)15-8-6-5-7-9-15/h5-14H,3-4H2,1-2H3. The second kappa shape index (κ2) is 7.09. The van der Waals surface area contributed by atoms with Gasteiger partial charge >= 0.3 is 0 Å². The number of hydrogen-bond acceptors (Lipinski definition) is 3. The summed E-state index contributed by atoms with van der Waals surface area (Å²) >= 11 is 6.14. The van der Waals surface area contributed by atoms with E-state index in [4.69, 9.17) is 16.0 Å². The van der Waals surface area contributed by atoms with Crippen molar-refractivity contribution in [2.24, 2.45) is 0 Å². The van der Waals surface area contributed by atoms with Crippen LogP contribution in [-0.4, -0.2) is 13.1 Å². The first-order valence-corrected chi connectivity index (χ1v) is 9.50. The molecule has 0 unspecified atom stereocenters. The van der Waals surface area contributed by atoms with Crippen LogP contribution in [0.4, 0.5) is 5.69 Å². The van der Waals surface area contributed by atoms with Gasteiger partial charge in [-0.1, -0.05) is 41.9 Å². The van der Waals surface area contributed by atoms with Gasteiger partial charge in [-0.05, 0) is 37.6 Å². The van der Waals surface area contributed by atoms with Gasteiger partial charge in [0.05, 0.1) is 5.02 Å². The first-order valence-electron chi connectivity index (χ1n) is 9.13. The predicted octanol–water partition coefficient (Wildman–Crippen LogP) is 6.06. The Labute approximate surface area is 163 Å². The van der Waals surface area contributed by atoms with E-state index in [0.717, 1.165) is 46.4 Å². The molecule has 0 atom stereocenters. The largest absolute Gasteiger partial charge is 0.456 e. The average molecular weight is 378 g/mol. The topological polar surface area (TPSA) is 33.5 Å². The van der Waals surface area contributed by atoms with Crippen LogP contribution in [0.3, 0.4) is 0 Å². The fourth-order valence-electron chi connectivity index (χ4n) is 3.58. The summed E-state index contributed by atoms with van der Waals surface area (Å²) in [6.07, 6.45) is 0. The van der Waals surface area contributed by atoms with Crippen molar-refractivity contribution < 1.29 is 4.42 Å². The minimum atomic E-state index is -0.230. The van der Waals surface area contributed by atoms with Crippen molar-refractivity contribution in [3.05, 3.63) is 75.9 Å². The van der Waals surface area contributed by atoms with Crippen molar-refractivity contribution in [3.63, 3.8) is 0 Å². The maximum Gasteiger partial charge on any atom is 0.200 e. The lowest BCUT2D eigenvalue weighted by Gasteiger charge is -2.22. The second-order valence-corrected chi connectivity index (χ2v) is 6.88. The Kier molecular flexibility index (Phi) is 4.63. The Hall–Kier alpha value is -2.78. The van der Waals surface area contributed by atoms with Gasteiger partial charge < -0.3 is 9.32 Å². The highest BCUT2D eigenvalue weighted by Gasteiger charge is 2.19. The van der Waals surface area contributed by atoms with Crippen LogP contribution < -0.4 is 10.3 Å². The predicted molar refractivity (Wildman–Crippen MR) is 113 cm³/mol. The van der Waals surface area contributed by atoms with Crippen molar-refractivity contribution in [3.8, 4) is 22.5 Å². The molecular formula is C23H20ClNO2. The Morgan fingerprint density at radius 2 is 1.70 bits per heavy atom. The van der Waals surface area contributed by atoms with Gasteiger partial charge in [0.25, 0.3) is 0 Å². The minimum Gasteiger partial charge on any atom is -0.456 e. The Bertz CT molecular complexity index is 1130. The molecule has 2 aromatic rings. The van der Waals surface area contributed by atoms with Gasteiger partial charge in [0.1, 0.15) is 11.3 Å². The van der Waals surface area contributed by atoms with Gasteiger partial charge in [-0.2, -0.15) is 0 Å². The summed E-state index contributed by atoms with van der Waals surface area (Å²) in [4.78, 5) is 14.4. The molecule has 0 aromatic heterocycles. The molecule has 1 aliphatic heterocycles. The molecule has 0 saturated heterocycles. The first kappa shape index (κ1) is 17.6. The SMILES string of the molecule is CCN(CC)c1ccc2c(-c3ccccc3)c3cc(Cl)c(=O)cc-3oc2c1. The molecule has 27 heavy (non-hydrogen) atoms. The average Bonchev–Trinajstić information content (AvgIpc) is 2.69. The van der Waals surface area contributed by atoms with E-state index in [1.807, 2.05) is 24.3 Å². The van der Waals surface area contributed by atoms with Crippen molar-refractivity contribution in [1.82, 2.24) is 0 Å². The zero-order chi connectivity index (χ0) is 19.0. The molecule has 0 fully saturated rings. The number of rotatable bonds is 4. The van der Waals surface area contributed by atoms with Gasteiger partial charge in [-0.25, -0.2) is 0 Å². The molecule has 0 N–H and O–H groups in total. The molecule has 3 nitrogen and oxygen atoms in total. The van der Waals surface area contributed by atoms with Gasteiger partial charge in [0.2, 0.25) is 5.43 Å². The fraction of sp³-hybridized carbons (Fsp3) is 0.174. The molecule has 1 aliphatic carbocycles. The lowest BCUT2D eigenvalue weighted by atomic mass is 9.93. The molecular weight excluding hydrogens is 358 g/mol. The highest BCUT2D eigenvalue weighted by molar-refractivity contribution is 6.31. The monoisotopic (exact) mass is 377 g/mol. The van der Waals surface area contributed by atoms with Crippen molar-refractivity contribution >= 4 is 28.3 Å². The summed E-state index contributed by atoms with van der Waals surface area (Å²) in [5.74, 6) is 0.549. The smallest absolute Gasteiger partial charge is 0.200 e. The van der Waals surface area contributed by atoms with Gasteiger partial charge in [0, 0.05) is 47.4 Å². The number of halogens is 1. The van der Waals surface area contributed by atoms with Crippen LogP contribution in [0.25, 0.3) is 33.4 Å². The highest BCUT2D eigenvalue weighted by atomic mass is 35.5. The fourth-order valence-corrected chi connectivity index (χ4v) is 3.75. The van der Waals surface area contributed by atoms with Gasteiger partial charge in [-0.3, -0.25) is 4.79 Å². The third-order valence-corrected chi connectivity index (χ3v) is 5.24. The summed E-state index contributed by atoms with van der Waals surface area (Å²) in [5, 5.41) is 1.20. The number of hydrogen-bond donors (Lipinski definition) is 0. The molecule has 2 aromatic carbocycles. The minimum absolute atomic E-state index is 0.203. The molecule has 0 bridgehead atoms. The summed E-state index contributed by atoms with van der Waals surface area (Å²) in [5.41, 5.74) is 4.56. The van der Waals surface area contributed by atoms with E-state index < -0.39 is 0 Å². The van der Waals surface area contributed by atoms with Gasteiger partial charge in [-0.15, -0.1) is 0 Å².